The first-order valence-corrected chi connectivity index (χ1v) is 8.18. The Kier molecular flexibility index (Phi) is 5.26. The second-order valence-corrected chi connectivity index (χ2v) is 5.98. The van der Waals surface area contributed by atoms with Gasteiger partial charge in [0.2, 0.25) is 0 Å². The summed E-state index contributed by atoms with van der Waals surface area (Å²) >= 11 is 5.90. The van der Waals surface area contributed by atoms with Crippen LogP contribution in [0.4, 0.5) is 11.5 Å². The second-order valence-electron chi connectivity index (χ2n) is 5.55. The standard InChI is InChI=1S/C19H17ClN4O/c1-13-5-2-3-6-14(13)12-21-18-10-9-17(23-24-18)19(25)22-16-8-4-7-15(20)11-16/h2-11H,12H2,1H3,(H,21,24)(H,22,25). The molecule has 6 heteroatoms. The molecule has 0 fully saturated rings. The van der Waals surface area contributed by atoms with E-state index in [4.69, 9.17) is 11.6 Å². The second kappa shape index (κ2) is 7.77. The Balaban J connectivity index is 1.61. The van der Waals surface area contributed by atoms with E-state index in [2.05, 4.69) is 39.9 Å². The van der Waals surface area contributed by atoms with Crippen molar-refractivity contribution in [2.75, 3.05) is 10.6 Å². The van der Waals surface area contributed by atoms with Crippen LogP contribution in [0.2, 0.25) is 5.02 Å². The molecule has 0 aliphatic heterocycles. The third kappa shape index (κ3) is 4.55. The summed E-state index contributed by atoms with van der Waals surface area (Å²) in [6, 6.07) is 18.4. The first-order valence-electron chi connectivity index (χ1n) is 7.81. The summed E-state index contributed by atoms with van der Waals surface area (Å²) in [6.07, 6.45) is 0. The van der Waals surface area contributed by atoms with Crippen LogP contribution in [0.5, 0.6) is 0 Å². The molecule has 3 aromatic rings. The fraction of sp³-hybridized carbons (Fsp3) is 0.105. The molecule has 0 aliphatic rings. The van der Waals surface area contributed by atoms with E-state index in [0.29, 0.717) is 23.1 Å². The third-order valence-corrected chi connectivity index (χ3v) is 3.94. The molecule has 0 atom stereocenters. The number of carbonyl (C=O) groups is 1. The summed E-state index contributed by atoms with van der Waals surface area (Å²) in [5.74, 6) is 0.280. The van der Waals surface area contributed by atoms with Crippen molar-refractivity contribution in [1.82, 2.24) is 10.2 Å². The maximum Gasteiger partial charge on any atom is 0.276 e. The van der Waals surface area contributed by atoms with Crippen LogP contribution in [-0.4, -0.2) is 16.1 Å². The first-order chi connectivity index (χ1) is 12.1. The normalized spacial score (nSPS) is 10.3. The Morgan fingerprint density at radius 1 is 1.04 bits per heavy atom. The van der Waals surface area contributed by atoms with E-state index < -0.39 is 0 Å². The van der Waals surface area contributed by atoms with E-state index in [1.807, 2.05) is 12.1 Å². The minimum Gasteiger partial charge on any atom is -0.364 e. The monoisotopic (exact) mass is 352 g/mol. The molecule has 0 radical (unpaired) electrons. The molecule has 2 aromatic carbocycles. The van der Waals surface area contributed by atoms with Gasteiger partial charge in [0, 0.05) is 17.3 Å². The predicted molar refractivity (Wildman–Crippen MR) is 99.9 cm³/mol. The highest BCUT2D eigenvalue weighted by Gasteiger charge is 2.09. The largest absolute Gasteiger partial charge is 0.364 e. The van der Waals surface area contributed by atoms with Crippen molar-refractivity contribution in [2.24, 2.45) is 0 Å². The number of aromatic nitrogens is 2. The predicted octanol–water partition coefficient (Wildman–Crippen LogP) is 4.30. The molecule has 1 amide bonds. The third-order valence-electron chi connectivity index (χ3n) is 3.70. The molecule has 5 nitrogen and oxygen atoms in total. The van der Waals surface area contributed by atoms with Crippen LogP contribution in [0, 0.1) is 6.92 Å². The molecule has 0 spiro atoms. The van der Waals surface area contributed by atoms with Gasteiger partial charge in [-0.05, 0) is 48.4 Å². The Morgan fingerprint density at radius 2 is 1.88 bits per heavy atom. The van der Waals surface area contributed by atoms with Gasteiger partial charge in [0.1, 0.15) is 5.82 Å². The van der Waals surface area contributed by atoms with Crippen molar-refractivity contribution < 1.29 is 4.79 Å². The van der Waals surface area contributed by atoms with Crippen molar-refractivity contribution in [3.8, 4) is 0 Å². The molecule has 0 saturated heterocycles. The van der Waals surface area contributed by atoms with Crippen molar-refractivity contribution in [1.29, 1.82) is 0 Å². The van der Waals surface area contributed by atoms with Gasteiger partial charge in [0.25, 0.3) is 5.91 Å². The number of benzene rings is 2. The van der Waals surface area contributed by atoms with Gasteiger partial charge in [0.05, 0.1) is 0 Å². The van der Waals surface area contributed by atoms with E-state index >= 15 is 0 Å². The molecule has 0 aliphatic carbocycles. The lowest BCUT2D eigenvalue weighted by Crippen LogP contribution is -2.15. The lowest BCUT2D eigenvalue weighted by molar-refractivity contribution is 0.102. The fourth-order valence-corrected chi connectivity index (χ4v) is 2.49. The quantitative estimate of drug-likeness (QED) is 0.718. The van der Waals surface area contributed by atoms with Gasteiger partial charge in [-0.15, -0.1) is 10.2 Å². The van der Waals surface area contributed by atoms with Gasteiger partial charge < -0.3 is 10.6 Å². The first kappa shape index (κ1) is 16.9. The van der Waals surface area contributed by atoms with Gasteiger partial charge in [-0.1, -0.05) is 41.9 Å². The van der Waals surface area contributed by atoms with Crippen molar-refractivity contribution in [2.45, 2.75) is 13.5 Å². The van der Waals surface area contributed by atoms with Crippen LogP contribution in [0.3, 0.4) is 0 Å². The highest BCUT2D eigenvalue weighted by molar-refractivity contribution is 6.30. The highest BCUT2D eigenvalue weighted by atomic mass is 35.5. The van der Waals surface area contributed by atoms with E-state index in [-0.39, 0.29) is 11.6 Å². The lowest BCUT2D eigenvalue weighted by Gasteiger charge is -2.08. The average molecular weight is 353 g/mol. The molecule has 0 bridgehead atoms. The molecule has 0 unspecified atom stereocenters. The van der Waals surface area contributed by atoms with E-state index in [1.54, 1.807) is 36.4 Å². The average Bonchev–Trinajstić information content (AvgIpc) is 2.61. The Morgan fingerprint density at radius 3 is 2.60 bits per heavy atom. The van der Waals surface area contributed by atoms with E-state index in [1.165, 1.54) is 11.1 Å². The zero-order valence-corrected chi connectivity index (χ0v) is 14.4. The van der Waals surface area contributed by atoms with Gasteiger partial charge in [-0.3, -0.25) is 4.79 Å². The van der Waals surface area contributed by atoms with Crippen LogP contribution in [0.1, 0.15) is 21.6 Å². The molecule has 3 rings (SSSR count). The molecule has 1 heterocycles. The molecule has 0 saturated carbocycles. The summed E-state index contributed by atoms with van der Waals surface area (Å²) in [6.45, 7) is 2.71. The van der Waals surface area contributed by atoms with E-state index in [9.17, 15) is 4.79 Å². The molecule has 2 N–H and O–H groups in total. The number of aryl methyl sites for hydroxylation is 1. The number of hydrogen-bond acceptors (Lipinski definition) is 4. The molecule has 25 heavy (non-hydrogen) atoms. The Labute approximate surface area is 151 Å². The Hall–Kier alpha value is -2.92. The molecule has 1 aromatic heterocycles. The van der Waals surface area contributed by atoms with Gasteiger partial charge in [0.15, 0.2) is 5.69 Å². The maximum atomic E-state index is 12.2. The number of nitrogens with zero attached hydrogens (tertiary/aromatic N) is 2. The lowest BCUT2D eigenvalue weighted by atomic mass is 10.1. The number of rotatable bonds is 5. The van der Waals surface area contributed by atoms with Crippen LogP contribution in [0.15, 0.2) is 60.7 Å². The highest BCUT2D eigenvalue weighted by Crippen LogP contribution is 2.16. The van der Waals surface area contributed by atoms with Crippen LogP contribution < -0.4 is 10.6 Å². The van der Waals surface area contributed by atoms with E-state index in [0.717, 1.165) is 0 Å². The van der Waals surface area contributed by atoms with Gasteiger partial charge in [-0.2, -0.15) is 0 Å². The van der Waals surface area contributed by atoms with Crippen LogP contribution in [0.25, 0.3) is 0 Å². The van der Waals surface area contributed by atoms with Crippen molar-refractivity contribution in [3.05, 3.63) is 82.5 Å². The fourth-order valence-electron chi connectivity index (χ4n) is 2.30. The van der Waals surface area contributed by atoms with Crippen molar-refractivity contribution >= 4 is 29.0 Å². The number of amides is 1. The number of nitrogens with one attached hydrogen (secondary N) is 2. The molecular weight excluding hydrogens is 336 g/mol. The number of anilines is 2. The topological polar surface area (TPSA) is 66.9 Å². The number of hydrogen-bond donors (Lipinski definition) is 2. The minimum absolute atomic E-state index is 0.237. The summed E-state index contributed by atoms with van der Waals surface area (Å²) in [4.78, 5) is 12.2. The molecular formula is C19H17ClN4O. The van der Waals surface area contributed by atoms with Gasteiger partial charge in [-0.25, -0.2) is 0 Å². The molecule has 126 valence electrons. The maximum absolute atomic E-state index is 12.2. The van der Waals surface area contributed by atoms with Crippen molar-refractivity contribution in [3.63, 3.8) is 0 Å². The zero-order valence-electron chi connectivity index (χ0n) is 13.7. The summed E-state index contributed by atoms with van der Waals surface area (Å²) in [5, 5.41) is 14.5. The zero-order chi connectivity index (χ0) is 17.6. The van der Waals surface area contributed by atoms with Crippen LogP contribution >= 0.6 is 11.6 Å². The van der Waals surface area contributed by atoms with Crippen LogP contribution in [-0.2, 0) is 6.54 Å². The SMILES string of the molecule is Cc1ccccc1CNc1ccc(C(=O)Nc2cccc(Cl)c2)nn1. The minimum atomic E-state index is -0.333. The smallest absolute Gasteiger partial charge is 0.276 e. The summed E-state index contributed by atoms with van der Waals surface area (Å²) in [7, 11) is 0. The number of carbonyl (C=O) groups excluding carboxylic acids is 1. The summed E-state index contributed by atoms with van der Waals surface area (Å²) in [5.41, 5.74) is 3.25. The number of halogens is 1. The Bertz CT molecular complexity index is 881. The van der Waals surface area contributed by atoms with Gasteiger partial charge >= 0.3 is 0 Å². The summed E-state index contributed by atoms with van der Waals surface area (Å²) < 4.78 is 0.